The van der Waals surface area contributed by atoms with Gasteiger partial charge in [-0.15, -0.1) is 11.8 Å². The van der Waals surface area contributed by atoms with Crippen molar-refractivity contribution in [2.24, 2.45) is 0 Å². The number of hydrogen-bond donors (Lipinski definition) is 1. The van der Waals surface area contributed by atoms with Crippen LogP contribution in [0.1, 0.15) is 5.82 Å². The molecule has 1 N–H and O–H groups in total. The molecule has 0 aliphatic carbocycles. The molecular formula is C21H22ClN5O2S. The molecule has 9 heteroatoms. The number of carbonyl (C=O) groups excluding carboxylic acids is 1. The minimum Gasteiger partial charge on any atom is -0.334 e. The molecule has 1 aliphatic heterocycles. The fourth-order valence-corrected chi connectivity index (χ4v) is 3.87. The molecule has 0 spiro atoms. The fraction of sp³-hybridized carbons (Fsp3) is 0.286. The molecule has 1 saturated heterocycles. The van der Waals surface area contributed by atoms with E-state index in [1.807, 2.05) is 53.6 Å². The van der Waals surface area contributed by atoms with Gasteiger partial charge in [0, 0.05) is 36.8 Å². The van der Waals surface area contributed by atoms with Crippen LogP contribution < -0.4 is 5.32 Å². The molecular weight excluding hydrogens is 422 g/mol. The lowest BCUT2D eigenvalue weighted by atomic mass is 10.2. The van der Waals surface area contributed by atoms with Gasteiger partial charge in [0.15, 0.2) is 5.82 Å². The quantitative estimate of drug-likeness (QED) is 0.587. The second kappa shape index (κ2) is 9.51. The molecule has 156 valence electrons. The highest BCUT2D eigenvalue weighted by Crippen LogP contribution is 2.26. The van der Waals surface area contributed by atoms with E-state index < -0.39 is 0 Å². The standard InChI is InChI=1S/C21H22ClN5O2S/c1-30-16-8-6-15(7-9-16)23-21(28)27-12-10-26(11-13-27)14-19-24-20(29-25-19)17-4-2-3-5-18(17)22/h2-9H,10-14H2,1H3,(H,23,28). The number of anilines is 1. The maximum absolute atomic E-state index is 12.5. The summed E-state index contributed by atoms with van der Waals surface area (Å²) < 4.78 is 5.37. The maximum Gasteiger partial charge on any atom is 0.321 e. The van der Waals surface area contributed by atoms with Gasteiger partial charge < -0.3 is 14.7 Å². The van der Waals surface area contributed by atoms with E-state index in [1.165, 1.54) is 4.90 Å². The second-order valence-corrected chi connectivity index (χ2v) is 8.20. The molecule has 4 rings (SSSR count). The van der Waals surface area contributed by atoms with Crippen molar-refractivity contribution in [1.29, 1.82) is 0 Å². The SMILES string of the molecule is CSc1ccc(NC(=O)N2CCN(Cc3noc(-c4ccccc4Cl)n3)CC2)cc1. The van der Waals surface area contributed by atoms with E-state index in [0.29, 0.717) is 36.4 Å². The number of hydrogen-bond acceptors (Lipinski definition) is 6. The predicted molar refractivity (Wildman–Crippen MR) is 119 cm³/mol. The van der Waals surface area contributed by atoms with Crippen LogP contribution in [0, 0.1) is 0 Å². The third-order valence-electron chi connectivity index (χ3n) is 4.94. The van der Waals surface area contributed by atoms with Crippen LogP contribution in [0.5, 0.6) is 0 Å². The number of rotatable bonds is 5. The number of nitrogens with one attached hydrogen (secondary N) is 1. The topological polar surface area (TPSA) is 74.5 Å². The van der Waals surface area contributed by atoms with E-state index >= 15 is 0 Å². The lowest BCUT2D eigenvalue weighted by Crippen LogP contribution is -2.49. The molecule has 2 heterocycles. The summed E-state index contributed by atoms with van der Waals surface area (Å²) >= 11 is 7.87. The Kier molecular flexibility index (Phi) is 6.56. The van der Waals surface area contributed by atoms with Gasteiger partial charge in [0.1, 0.15) is 0 Å². The Morgan fingerprint density at radius 1 is 1.13 bits per heavy atom. The predicted octanol–water partition coefficient (Wildman–Crippen LogP) is 4.46. The second-order valence-electron chi connectivity index (χ2n) is 6.92. The number of thioether (sulfide) groups is 1. The van der Waals surface area contributed by atoms with Crippen LogP contribution in [-0.2, 0) is 6.54 Å². The van der Waals surface area contributed by atoms with E-state index in [0.717, 1.165) is 24.3 Å². The lowest BCUT2D eigenvalue weighted by molar-refractivity contribution is 0.140. The highest BCUT2D eigenvalue weighted by atomic mass is 35.5. The van der Waals surface area contributed by atoms with Crippen molar-refractivity contribution < 1.29 is 9.32 Å². The number of carbonyl (C=O) groups is 1. The van der Waals surface area contributed by atoms with E-state index in [1.54, 1.807) is 17.8 Å². The summed E-state index contributed by atoms with van der Waals surface area (Å²) in [6, 6.07) is 15.2. The molecule has 2 amide bonds. The lowest BCUT2D eigenvalue weighted by Gasteiger charge is -2.34. The van der Waals surface area contributed by atoms with Gasteiger partial charge in [-0.1, -0.05) is 28.9 Å². The van der Waals surface area contributed by atoms with E-state index in [2.05, 4.69) is 20.4 Å². The normalized spacial score (nSPS) is 14.7. The molecule has 1 aromatic heterocycles. The molecule has 0 unspecified atom stereocenters. The summed E-state index contributed by atoms with van der Waals surface area (Å²) in [7, 11) is 0. The molecule has 1 fully saturated rings. The van der Waals surface area contributed by atoms with Gasteiger partial charge in [0.05, 0.1) is 17.1 Å². The van der Waals surface area contributed by atoms with Gasteiger partial charge in [-0.25, -0.2) is 4.79 Å². The van der Waals surface area contributed by atoms with Crippen molar-refractivity contribution in [1.82, 2.24) is 19.9 Å². The first-order valence-corrected chi connectivity index (χ1v) is 11.2. The summed E-state index contributed by atoms with van der Waals surface area (Å²) in [5.41, 5.74) is 1.53. The Labute approximate surface area is 184 Å². The summed E-state index contributed by atoms with van der Waals surface area (Å²) in [5, 5.41) is 7.61. The molecule has 0 saturated carbocycles. The first-order valence-electron chi connectivity index (χ1n) is 9.62. The van der Waals surface area contributed by atoms with Gasteiger partial charge in [0.25, 0.3) is 5.89 Å². The Bertz CT molecular complexity index is 1000. The number of halogens is 1. The highest BCUT2D eigenvalue weighted by molar-refractivity contribution is 7.98. The maximum atomic E-state index is 12.5. The van der Waals surface area contributed by atoms with Crippen LogP contribution >= 0.6 is 23.4 Å². The summed E-state index contributed by atoms with van der Waals surface area (Å²) in [5.74, 6) is 1.03. The molecule has 0 radical (unpaired) electrons. The summed E-state index contributed by atoms with van der Waals surface area (Å²) in [6.45, 7) is 3.34. The smallest absolute Gasteiger partial charge is 0.321 e. The van der Waals surface area contributed by atoms with Crippen LogP contribution in [0.25, 0.3) is 11.5 Å². The molecule has 1 aliphatic rings. The summed E-state index contributed by atoms with van der Waals surface area (Å²) in [6.07, 6.45) is 2.03. The van der Waals surface area contributed by atoms with Gasteiger partial charge >= 0.3 is 6.03 Å². The number of nitrogens with zero attached hydrogens (tertiary/aromatic N) is 4. The van der Waals surface area contributed by atoms with Crippen molar-refractivity contribution in [2.45, 2.75) is 11.4 Å². The highest BCUT2D eigenvalue weighted by Gasteiger charge is 2.23. The average Bonchev–Trinajstić information content (AvgIpc) is 3.23. The number of benzene rings is 2. The summed E-state index contributed by atoms with van der Waals surface area (Å²) in [4.78, 5) is 22.2. The van der Waals surface area contributed by atoms with Gasteiger partial charge in [-0.2, -0.15) is 4.98 Å². The first-order chi connectivity index (χ1) is 14.6. The number of amides is 2. The fourth-order valence-electron chi connectivity index (χ4n) is 3.25. The Balaban J connectivity index is 1.28. The number of aromatic nitrogens is 2. The zero-order valence-corrected chi connectivity index (χ0v) is 18.1. The zero-order chi connectivity index (χ0) is 20.9. The Hall–Kier alpha value is -2.55. The molecule has 0 atom stereocenters. The van der Waals surface area contributed by atoms with Crippen molar-refractivity contribution in [2.75, 3.05) is 37.8 Å². The number of urea groups is 1. The number of piperazine rings is 1. The minimum absolute atomic E-state index is 0.0767. The zero-order valence-electron chi connectivity index (χ0n) is 16.5. The third kappa shape index (κ3) is 4.95. The Morgan fingerprint density at radius 3 is 2.57 bits per heavy atom. The van der Waals surface area contributed by atoms with Gasteiger partial charge in [0.2, 0.25) is 0 Å². The van der Waals surface area contributed by atoms with Crippen molar-refractivity contribution in [3.05, 3.63) is 59.4 Å². The Morgan fingerprint density at radius 2 is 1.87 bits per heavy atom. The first kappa shape index (κ1) is 20.7. The molecule has 7 nitrogen and oxygen atoms in total. The third-order valence-corrected chi connectivity index (χ3v) is 6.01. The monoisotopic (exact) mass is 443 g/mol. The van der Waals surface area contributed by atoms with Crippen molar-refractivity contribution in [3.63, 3.8) is 0 Å². The molecule has 0 bridgehead atoms. The average molecular weight is 444 g/mol. The molecule has 3 aromatic rings. The van der Waals surface area contributed by atoms with E-state index in [-0.39, 0.29) is 6.03 Å². The van der Waals surface area contributed by atoms with Crippen LogP contribution in [0.3, 0.4) is 0 Å². The van der Waals surface area contributed by atoms with E-state index in [4.69, 9.17) is 16.1 Å². The van der Waals surface area contributed by atoms with Crippen molar-refractivity contribution >= 4 is 35.1 Å². The van der Waals surface area contributed by atoms with Crippen LogP contribution in [0.4, 0.5) is 10.5 Å². The van der Waals surface area contributed by atoms with Crippen LogP contribution in [-0.4, -0.2) is 58.4 Å². The van der Waals surface area contributed by atoms with Crippen LogP contribution in [0.2, 0.25) is 5.02 Å². The van der Waals surface area contributed by atoms with Gasteiger partial charge in [-0.3, -0.25) is 4.90 Å². The van der Waals surface area contributed by atoms with Crippen LogP contribution in [0.15, 0.2) is 57.9 Å². The molecule has 2 aromatic carbocycles. The minimum atomic E-state index is -0.0767. The van der Waals surface area contributed by atoms with Crippen molar-refractivity contribution in [3.8, 4) is 11.5 Å². The van der Waals surface area contributed by atoms with Gasteiger partial charge in [-0.05, 0) is 42.7 Å². The largest absolute Gasteiger partial charge is 0.334 e. The van der Waals surface area contributed by atoms with E-state index in [9.17, 15) is 4.79 Å². The molecule has 30 heavy (non-hydrogen) atoms.